The van der Waals surface area contributed by atoms with Crippen LogP contribution in [0.5, 0.6) is 5.75 Å². The fourth-order valence-corrected chi connectivity index (χ4v) is 3.09. The van der Waals surface area contributed by atoms with Crippen molar-refractivity contribution in [1.82, 2.24) is 4.72 Å². The molecule has 7 heteroatoms. The lowest BCUT2D eigenvalue weighted by Crippen LogP contribution is -2.27. The molecule has 0 amide bonds. The van der Waals surface area contributed by atoms with Gasteiger partial charge in [0.1, 0.15) is 22.3 Å². The van der Waals surface area contributed by atoms with E-state index in [0.717, 1.165) is 17.7 Å². The molecule has 0 saturated carbocycles. The van der Waals surface area contributed by atoms with Gasteiger partial charge in [0.25, 0.3) is 0 Å². The van der Waals surface area contributed by atoms with Crippen LogP contribution in [0.15, 0.2) is 47.4 Å². The largest absolute Gasteiger partial charge is 0.496 e. The lowest BCUT2D eigenvalue weighted by atomic mass is 10.1. The Morgan fingerprint density at radius 3 is 2.55 bits per heavy atom. The predicted octanol–water partition coefficient (Wildman–Crippen LogP) is 2.49. The minimum atomic E-state index is -4.03. The Morgan fingerprint density at radius 2 is 1.86 bits per heavy atom. The van der Waals surface area contributed by atoms with Crippen LogP contribution in [0.25, 0.3) is 0 Å². The summed E-state index contributed by atoms with van der Waals surface area (Å²) >= 11 is 0. The van der Waals surface area contributed by atoms with E-state index in [0.29, 0.717) is 18.2 Å². The molecule has 2 rings (SSSR count). The van der Waals surface area contributed by atoms with Crippen LogP contribution in [0.3, 0.4) is 0 Å². The molecule has 0 aromatic heterocycles. The molecule has 4 nitrogen and oxygen atoms in total. The van der Waals surface area contributed by atoms with Gasteiger partial charge < -0.3 is 4.74 Å². The molecule has 0 saturated heterocycles. The van der Waals surface area contributed by atoms with Crippen LogP contribution >= 0.6 is 0 Å². The van der Waals surface area contributed by atoms with E-state index in [-0.39, 0.29) is 6.54 Å². The molecule has 1 N–H and O–H groups in total. The molecule has 0 aliphatic rings. The van der Waals surface area contributed by atoms with Crippen molar-refractivity contribution >= 4 is 10.0 Å². The maximum Gasteiger partial charge on any atom is 0.243 e. The van der Waals surface area contributed by atoms with Crippen molar-refractivity contribution in [3.8, 4) is 5.75 Å². The van der Waals surface area contributed by atoms with Gasteiger partial charge in [0.2, 0.25) is 10.0 Å². The number of hydrogen-bond donors (Lipinski definition) is 1. The lowest BCUT2D eigenvalue weighted by molar-refractivity contribution is 0.409. The van der Waals surface area contributed by atoms with Crippen molar-refractivity contribution in [2.24, 2.45) is 0 Å². The highest BCUT2D eigenvalue weighted by atomic mass is 32.2. The maximum absolute atomic E-state index is 13.5. The topological polar surface area (TPSA) is 55.4 Å². The number of hydrogen-bond acceptors (Lipinski definition) is 3. The van der Waals surface area contributed by atoms with Crippen LogP contribution in [0.4, 0.5) is 8.78 Å². The van der Waals surface area contributed by atoms with E-state index in [1.54, 1.807) is 12.1 Å². The van der Waals surface area contributed by atoms with Gasteiger partial charge in [-0.2, -0.15) is 0 Å². The van der Waals surface area contributed by atoms with E-state index in [1.807, 2.05) is 12.1 Å². The fourth-order valence-electron chi connectivity index (χ4n) is 2.00. The van der Waals surface area contributed by atoms with E-state index in [2.05, 4.69) is 4.72 Å². The van der Waals surface area contributed by atoms with Crippen LogP contribution in [0, 0.1) is 11.6 Å². The van der Waals surface area contributed by atoms with Gasteiger partial charge in [0.15, 0.2) is 0 Å². The maximum atomic E-state index is 13.5. The van der Waals surface area contributed by atoms with Crippen LogP contribution in [-0.4, -0.2) is 22.1 Å². The Bertz CT molecular complexity index is 763. The molecule has 0 bridgehead atoms. The minimum absolute atomic E-state index is 0.0690. The van der Waals surface area contributed by atoms with Crippen molar-refractivity contribution in [1.29, 1.82) is 0 Å². The summed E-state index contributed by atoms with van der Waals surface area (Å²) in [4.78, 5) is -0.575. The first-order valence-electron chi connectivity index (χ1n) is 6.50. The van der Waals surface area contributed by atoms with Crippen molar-refractivity contribution < 1.29 is 21.9 Å². The average molecular weight is 327 g/mol. The fraction of sp³-hybridized carbons (Fsp3) is 0.200. The summed E-state index contributed by atoms with van der Waals surface area (Å²) in [5.41, 5.74) is 0.826. The number of para-hydroxylation sites is 1. The Labute approximate surface area is 127 Å². The van der Waals surface area contributed by atoms with E-state index in [1.165, 1.54) is 7.11 Å². The second-order valence-corrected chi connectivity index (χ2v) is 6.27. The summed E-state index contributed by atoms with van der Waals surface area (Å²) < 4.78 is 57.8. The van der Waals surface area contributed by atoms with E-state index in [4.69, 9.17) is 4.74 Å². The minimum Gasteiger partial charge on any atom is -0.496 e. The number of halogens is 2. The summed E-state index contributed by atoms with van der Waals surface area (Å²) in [5, 5.41) is 0. The summed E-state index contributed by atoms with van der Waals surface area (Å²) in [6, 6.07) is 9.53. The van der Waals surface area contributed by atoms with Crippen molar-refractivity contribution in [2.45, 2.75) is 11.3 Å². The normalized spacial score (nSPS) is 11.4. The van der Waals surface area contributed by atoms with E-state index >= 15 is 0 Å². The van der Waals surface area contributed by atoms with Gasteiger partial charge in [0, 0.05) is 12.6 Å². The first-order valence-corrected chi connectivity index (χ1v) is 7.99. The van der Waals surface area contributed by atoms with Gasteiger partial charge in [-0.15, -0.1) is 0 Å². The van der Waals surface area contributed by atoms with Crippen LogP contribution in [0.2, 0.25) is 0 Å². The highest BCUT2D eigenvalue weighted by Crippen LogP contribution is 2.18. The second-order valence-electron chi connectivity index (χ2n) is 4.53. The van der Waals surface area contributed by atoms with Gasteiger partial charge in [-0.3, -0.25) is 0 Å². The lowest BCUT2D eigenvalue weighted by Gasteiger charge is -2.10. The Balaban J connectivity index is 2.07. The second kappa shape index (κ2) is 6.85. The standard InChI is InChI=1S/C15H15F2NO3S/c1-21-14-5-3-2-4-11(14)8-9-18-22(19,20)15-7-6-12(16)10-13(15)17/h2-7,10,18H,8-9H2,1H3. The molecule has 0 spiro atoms. The average Bonchev–Trinajstić information content (AvgIpc) is 2.47. The Kier molecular flexibility index (Phi) is 5.10. The number of benzene rings is 2. The molecule has 0 radical (unpaired) electrons. The third-order valence-corrected chi connectivity index (χ3v) is 4.56. The first kappa shape index (κ1) is 16.4. The summed E-state index contributed by atoms with van der Waals surface area (Å²) in [6.45, 7) is 0.0690. The molecule has 0 fully saturated rings. The molecular weight excluding hydrogens is 312 g/mol. The number of methoxy groups -OCH3 is 1. The Morgan fingerprint density at radius 1 is 1.14 bits per heavy atom. The monoisotopic (exact) mass is 327 g/mol. The predicted molar refractivity (Wildman–Crippen MR) is 78.2 cm³/mol. The number of sulfonamides is 1. The highest BCUT2D eigenvalue weighted by molar-refractivity contribution is 7.89. The molecule has 118 valence electrons. The molecule has 0 aliphatic carbocycles. The molecule has 2 aromatic rings. The summed E-state index contributed by atoms with van der Waals surface area (Å²) in [5.74, 6) is -1.30. The van der Waals surface area contributed by atoms with Crippen molar-refractivity contribution in [2.75, 3.05) is 13.7 Å². The molecular formula is C15H15F2NO3S. The quantitative estimate of drug-likeness (QED) is 0.887. The molecule has 0 heterocycles. The van der Waals surface area contributed by atoms with Gasteiger partial charge in [-0.1, -0.05) is 18.2 Å². The van der Waals surface area contributed by atoms with Gasteiger partial charge in [0.05, 0.1) is 7.11 Å². The van der Waals surface area contributed by atoms with Gasteiger partial charge in [-0.25, -0.2) is 21.9 Å². The van der Waals surface area contributed by atoms with Crippen LogP contribution in [0.1, 0.15) is 5.56 Å². The zero-order valence-electron chi connectivity index (χ0n) is 11.8. The third-order valence-electron chi connectivity index (χ3n) is 3.06. The van der Waals surface area contributed by atoms with Gasteiger partial charge >= 0.3 is 0 Å². The third kappa shape index (κ3) is 3.80. The molecule has 2 aromatic carbocycles. The van der Waals surface area contributed by atoms with Gasteiger partial charge in [-0.05, 0) is 30.2 Å². The molecule has 0 atom stereocenters. The summed E-state index contributed by atoms with van der Waals surface area (Å²) in [7, 11) is -2.51. The first-order chi connectivity index (χ1) is 10.4. The number of rotatable bonds is 6. The number of ether oxygens (including phenoxy) is 1. The molecule has 0 aliphatic heterocycles. The number of nitrogens with one attached hydrogen (secondary N) is 1. The summed E-state index contributed by atoms with van der Waals surface area (Å²) in [6.07, 6.45) is 0.381. The zero-order chi connectivity index (χ0) is 16.2. The van der Waals surface area contributed by atoms with Crippen LogP contribution in [-0.2, 0) is 16.4 Å². The Hall–Kier alpha value is -1.99. The zero-order valence-corrected chi connectivity index (χ0v) is 12.7. The van der Waals surface area contributed by atoms with Crippen molar-refractivity contribution in [3.63, 3.8) is 0 Å². The van der Waals surface area contributed by atoms with Crippen LogP contribution < -0.4 is 9.46 Å². The van der Waals surface area contributed by atoms with Crippen molar-refractivity contribution in [3.05, 3.63) is 59.7 Å². The van der Waals surface area contributed by atoms with E-state index in [9.17, 15) is 17.2 Å². The van der Waals surface area contributed by atoms with E-state index < -0.39 is 26.6 Å². The highest BCUT2D eigenvalue weighted by Gasteiger charge is 2.19. The SMILES string of the molecule is COc1ccccc1CCNS(=O)(=O)c1ccc(F)cc1F. The smallest absolute Gasteiger partial charge is 0.243 e. The molecule has 0 unspecified atom stereocenters. The molecule has 22 heavy (non-hydrogen) atoms.